The fourth-order valence-corrected chi connectivity index (χ4v) is 9.03. The minimum Gasteiger partial charge on any atom is -0.373 e. The second-order valence-electron chi connectivity index (χ2n) is 13.9. The van der Waals surface area contributed by atoms with Gasteiger partial charge < -0.3 is 4.74 Å². The molecule has 0 aromatic heterocycles. The molecule has 0 bridgehead atoms. The molecule has 0 unspecified atom stereocenters. The van der Waals surface area contributed by atoms with Crippen molar-refractivity contribution < 1.29 is 4.74 Å². The van der Waals surface area contributed by atoms with E-state index in [9.17, 15) is 0 Å². The fourth-order valence-electron chi connectivity index (χ4n) is 9.03. The molecule has 0 saturated heterocycles. The van der Waals surface area contributed by atoms with Crippen LogP contribution >= 0.6 is 0 Å². The van der Waals surface area contributed by atoms with Crippen LogP contribution in [0.2, 0.25) is 0 Å². The van der Waals surface area contributed by atoms with Gasteiger partial charge >= 0.3 is 0 Å². The number of allylic oxidation sites excluding steroid dienone is 2. The van der Waals surface area contributed by atoms with Crippen LogP contribution in [0, 0.1) is 47.3 Å². The molecule has 4 saturated carbocycles. The van der Waals surface area contributed by atoms with Gasteiger partial charge in [-0.15, -0.1) is 0 Å². The van der Waals surface area contributed by atoms with E-state index < -0.39 is 0 Å². The van der Waals surface area contributed by atoms with E-state index in [1.165, 1.54) is 128 Å². The van der Waals surface area contributed by atoms with Crippen LogP contribution in [-0.4, -0.2) is 13.2 Å². The molecule has 4 aliphatic rings. The average molecular weight is 511 g/mol. The van der Waals surface area contributed by atoms with Gasteiger partial charge in [0.1, 0.15) is 0 Å². The van der Waals surface area contributed by atoms with Gasteiger partial charge in [0.25, 0.3) is 0 Å². The van der Waals surface area contributed by atoms with E-state index in [4.69, 9.17) is 4.74 Å². The Morgan fingerprint density at radius 1 is 0.459 bits per heavy atom. The molecule has 1 nitrogen and oxygen atoms in total. The molecule has 0 aromatic rings. The minimum absolute atomic E-state index is 0.791. The minimum atomic E-state index is 0.791. The summed E-state index contributed by atoms with van der Waals surface area (Å²) in [6.45, 7) is 6.29. The van der Waals surface area contributed by atoms with Crippen LogP contribution in [0.3, 0.4) is 0 Å². The summed E-state index contributed by atoms with van der Waals surface area (Å²) in [6, 6.07) is 0. The first-order valence-electron chi connectivity index (χ1n) is 17.2. The van der Waals surface area contributed by atoms with Gasteiger partial charge in [0.05, 0.1) is 13.2 Å². The number of ether oxygens (including phenoxy) is 1. The van der Waals surface area contributed by atoms with Crippen LogP contribution < -0.4 is 0 Å². The normalized spacial score (nSPS) is 37.9. The molecule has 1 heteroatoms. The van der Waals surface area contributed by atoms with Gasteiger partial charge in [0.2, 0.25) is 0 Å². The quantitative estimate of drug-likeness (QED) is 0.187. The van der Waals surface area contributed by atoms with Gasteiger partial charge in [0.15, 0.2) is 0 Å². The van der Waals surface area contributed by atoms with Gasteiger partial charge in [-0.1, -0.05) is 89.5 Å². The summed E-state index contributed by atoms with van der Waals surface area (Å²) in [5.74, 6) is 7.88. The Bertz CT molecular complexity index is 576. The summed E-state index contributed by atoms with van der Waals surface area (Å²) in [5, 5.41) is 0. The van der Waals surface area contributed by atoms with Crippen LogP contribution in [0.1, 0.15) is 142 Å². The molecule has 0 spiro atoms. The molecule has 0 atom stereocenters. The van der Waals surface area contributed by atoms with Crippen LogP contribution in [0.4, 0.5) is 0 Å². The summed E-state index contributed by atoms with van der Waals surface area (Å²) in [5.41, 5.74) is 0. The predicted molar refractivity (Wildman–Crippen MR) is 161 cm³/mol. The van der Waals surface area contributed by atoms with Crippen molar-refractivity contribution in [1.82, 2.24) is 0 Å². The Morgan fingerprint density at radius 2 is 0.784 bits per heavy atom. The van der Waals surface area contributed by atoms with Crippen molar-refractivity contribution in [2.24, 2.45) is 47.3 Å². The predicted octanol–water partition coefficient (Wildman–Crippen LogP) is 10.9. The Kier molecular flexibility index (Phi) is 13.1. The van der Waals surface area contributed by atoms with E-state index in [1.807, 2.05) is 0 Å². The highest BCUT2D eigenvalue weighted by Gasteiger charge is 2.31. The summed E-state index contributed by atoms with van der Waals surface area (Å²) >= 11 is 0. The zero-order chi connectivity index (χ0) is 25.7. The zero-order valence-corrected chi connectivity index (χ0v) is 24.9. The van der Waals surface area contributed by atoms with E-state index in [2.05, 4.69) is 38.2 Å². The summed E-state index contributed by atoms with van der Waals surface area (Å²) in [6.07, 6.45) is 39.1. The third kappa shape index (κ3) is 9.85. The van der Waals surface area contributed by atoms with Gasteiger partial charge in [-0.25, -0.2) is 0 Å². The standard InChI is InChI=1S/C36H62O/c1-3-7-29-11-19-33(20-12-29)35-23-15-31(16-24-35)9-5-27-37-28-6-10-32-17-25-36(26-18-32)34-21-13-30(8-4-2)14-22-34/h5-6,9-10,29-36H,3-4,7-8,11-28H2,1-2H3. The van der Waals surface area contributed by atoms with Gasteiger partial charge in [-0.05, 0) is 124 Å². The molecule has 0 N–H and O–H groups in total. The summed E-state index contributed by atoms with van der Waals surface area (Å²) < 4.78 is 5.93. The molecule has 37 heavy (non-hydrogen) atoms. The van der Waals surface area contributed by atoms with Crippen molar-refractivity contribution in [3.8, 4) is 0 Å². The molecule has 0 aliphatic heterocycles. The third-order valence-electron chi connectivity index (χ3n) is 11.4. The van der Waals surface area contributed by atoms with Crippen molar-refractivity contribution in [2.75, 3.05) is 13.2 Å². The van der Waals surface area contributed by atoms with E-state index in [1.54, 1.807) is 0 Å². The Morgan fingerprint density at radius 3 is 1.11 bits per heavy atom. The monoisotopic (exact) mass is 510 g/mol. The van der Waals surface area contributed by atoms with Gasteiger partial charge in [-0.2, -0.15) is 0 Å². The van der Waals surface area contributed by atoms with Crippen molar-refractivity contribution in [2.45, 2.75) is 142 Å². The first kappa shape index (κ1) is 29.4. The zero-order valence-electron chi connectivity index (χ0n) is 24.9. The molecule has 4 aliphatic carbocycles. The molecule has 0 amide bonds. The molecule has 0 radical (unpaired) electrons. The topological polar surface area (TPSA) is 9.23 Å². The molecule has 0 aromatic carbocycles. The first-order chi connectivity index (χ1) is 18.2. The van der Waals surface area contributed by atoms with Crippen molar-refractivity contribution in [1.29, 1.82) is 0 Å². The van der Waals surface area contributed by atoms with Crippen molar-refractivity contribution in [3.63, 3.8) is 0 Å². The SMILES string of the molecule is CCCC1CCC(C2CCC(C=CCOCC=CC3CCC(C4CCC(CCC)CC4)CC3)CC2)CC1. The van der Waals surface area contributed by atoms with Crippen LogP contribution in [0.15, 0.2) is 24.3 Å². The molecule has 4 rings (SSSR count). The first-order valence-corrected chi connectivity index (χ1v) is 17.2. The van der Waals surface area contributed by atoms with Crippen LogP contribution in [-0.2, 0) is 4.74 Å². The number of hydrogen-bond acceptors (Lipinski definition) is 1. The second-order valence-corrected chi connectivity index (χ2v) is 13.9. The maximum absolute atomic E-state index is 5.93. The van der Waals surface area contributed by atoms with Gasteiger partial charge in [0, 0.05) is 0 Å². The molecular formula is C36H62O. The van der Waals surface area contributed by atoms with Crippen LogP contribution in [0.25, 0.3) is 0 Å². The largest absolute Gasteiger partial charge is 0.373 e. The molecule has 0 heterocycles. The van der Waals surface area contributed by atoms with E-state index in [-0.39, 0.29) is 0 Å². The second kappa shape index (κ2) is 16.5. The highest BCUT2D eigenvalue weighted by molar-refractivity contribution is 4.95. The third-order valence-corrected chi connectivity index (χ3v) is 11.4. The lowest BCUT2D eigenvalue weighted by atomic mass is 9.69. The average Bonchev–Trinajstić information content (AvgIpc) is 2.94. The van der Waals surface area contributed by atoms with E-state index in [0.29, 0.717) is 0 Å². The lowest BCUT2D eigenvalue weighted by molar-refractivity contribution is 0.151. The van der Waals surface area contributed by atoms with Crippen molar-refractivity contribution in [3.05, 3.63) is 24.3 Å². The van der Waals surface area contributed by atoms with E-state index in [0.717, 1.165) is 60.6 Å². The maximum Gasteiger partial charge on any atom is 0.0651 e. The Labute approximate surface area is 231 Å². The highest BCUT2D eigenvalue weighted by Crippen LogP contribution is 2.43. The molecule has 4 fully saturated rings. The lowest BCUT2D eigenvalue weighted by Crippen LogP contribution is -2.25. The van der Waals surface area contributed by atoms with Crippen molar-refractivity contribution >= 4 is 0 Å². The smallest absolute Gasteiger partial charge is 0.0651 e. The molecular weight excluding hydrogens is 448 g/mol. The fraction of sp³-hybridized carbons (Fsp3) is 0.889. The number of hydrogen-bond donors (Lipinski definition) is 0. The Hall–Kier alpha value is -0.560. The molecule has 212 valence electrons. The Balaban J connectivity index is 1.01. The lowest BCUT2D eigenvalue weighted by Gasteiger charge is -2.37. The van der Waals surface area contributed by atoms with Crippen LogP contribution in [0.5, 0.6) is 0 Å². The highest BCUT2D eigenvalue weighted by atomic mass is 16.5. The van der Waals surface area contributed by atoms with E-state index >= 15 is 0 Å². The maximum atomic E-state index is 5.93. The summed E-state index contributed by atoms with van der Waals surface area (Å²) in [7, 11) is 0. The van der Waals surface area contributed by atoms with Gasteiger partial charge in [-0.3, -0.25) is 0 Å². The number of rotatable bonds is 12. The summed E-state index contributed by atoms with van der Waals surface area (Å²) in [4.78, 5) is 0.